The molecule has 1 aromatic heterocycles. The Kier molecular flexibility index (Phi) is 3.49. The van der Waals surface area contributed by atoms with Crippen molar-refractivity contribution in [1.82, 2.24) is 4.98 Å². The zero-order chi connectivity index (χ0) is 14.3. The quantitative estimate of drug-likeness (QED) is 0.709. The number of aromatic nitrogens is 1. The standard InChI is InChI=1S/C16H24N2/c1-9-11-12(15(3,4)5)10(2)13(16(6,7)8)18-14(11)17/h1H,2-8H3,(H2,17,18). The van der Waals surface area contributed by atoms with Crippen LogP contribution >= 0.6 is 0 Å². The smallest absolute Gasteiger partial charge is 0.139 e. The zero-order valence-electron chi connectivity index (χ0n) is 12.6. The van der Waals surface area contributed by atoms with E-state index in [0.717, 1.165) is 22.4 Å². The van der Waals surface area contributed by atoms with Gasteiger partial charge in [-0.3, -0.25) is 0 Å². The predicted octanol–water partition coefficient (Wildman–Crippen LogP) is 3.55. The molecule has 18 heavy (non-hydrogen) atoms. The number of anilines is 1. The summed E-state index contributed by atoms with van der Waals surface area (Å²) in [4.78, 5) is 4.52. The van der Waals surface area contributed by atoms with Crippen molar-refractivity contribution in [3.63, 3.8) is 0 Å². The normalized spacial score (nSPS) is 12.3. The highest BCUT2D eigenvalue weighted by molar-refractivity contribution is 5.61. The molecule has 0 bridgehead atoms. The summed E-state index contributed by atoms with van der Waals surface area (Å²) in [6.07, 6.45) is 5.61. The Hall–Kier alpha value is -1.49. The SMILES string of the molecule is C#Cc1c(N)nc(C(C)(C)C)c(C)c1C(C)(C)C. The summed E-state index contributed by atoms with van der Waals surface area (Å²) in [7, 11) is 0. The Morgan fingerprint density at radius 3 is 1.89 bits per heavy atom. The van der Waals surface area contributed by atoms with Crippen molar-refractivity contribution in [1.29, 1.82) is 0 Å². The van der Waals surface area contributed by atoms with Crippen LogP contribution < -0.4 is 5.73 Å². The van der Waals surface area contributed by atoms with E-state index in [2.05, 4.69) is 59.4 Å². The number of nitrogens with zero attached hydrogens (tertiary/aromatic N) is 1. The van der Waals surface area contributed by atoms with Crippen molar-refractivity contribution < 1.29 is 0 Å². The highest BCUT2D eigenvalue weighted by Gasteiger charge is 2.28. The molecule has 0 aromatic carbocycles. The fourth-order valence-corrected chi connectivity index (χ4v) is 2.51. The summed E-state index contributed by atoms with van der Waals surface area (Å²) in [5.41, 5.74) is 10.0. The van der Waals surface area contributed by atoms with Crippen LogP contribution in [0.15, 0.2) is 0 Å². The van der Waals surface area contributed by atoms with Gasteiger partial charge in [-0.05, 0) is 23.5 Å². The van der Waals surface area contributed by atoms with Crippen LogP contribution in [-0.4, -0.2) is 4.98 Å². The van der Waals surface area contributed by atoms with Gasteiger partial charge in [-0.1, -0.05) is 47.5 Å². The lowest BCUT2D eigenvalue weighted by Gasteiger charge is -2.29. The minimum absolute atomic E-state index is 0.0364. The summed E-state index contributed by atoms with van der Waals surface area (Å²) in [5, 5.41) is 0. The van der Waals surface area contributed by atoms with Crippen LogP contribution in [0.3, 0.4) is 0 Å². The Labute approximate surface area is 111 Å². The van der Waals surface area contributed by atoms with Gasteiger partial charge in [0.2, 0.25) is 0 Å². The maximum absolute atomic E-state index is 6.04. The van der Waals surface area contributed by atoms with E-state index in [-0.39, 0.29) is 10.8 Å². The van der Waals surface area contributed by atoms with Gasteiger partial charge in [-0.15, -0.1) is 6.42 Å². The molecule has 2 N–H and O–H groups in total. The molecule has 0 aliphatic heterocycles. The third-order valence-corrected chi connectivity index (χ3v) is 3.07. The molecule has 2 heteroatoms. The highest BCUT2D eigenvalue weighted by atomic mass is 14.9. The Bertz CT molecular complexity index is 506. The molecule has 0 amide bonds. The van der Waals surface area contributed by atoms with Crippen molar-refractivity contribution in [3.8, 4) is 12.3 Å². The summed E-state index contributed by atoms with van der Waals surface area (Å²) in [6, 6.07) is 0. The minimum atomic E-state index is -0.0388. The fourth-order valence-electron chi connectivity index (χ4n) is 2.51. The van der Waals surface area contributed by atoms with Gasteiger partial charge in [-0.2, -0.15) is 0 Å². The highest BCUT2D eigenvalue weighted by Crippen LogP contribution is 2.36. The number of pyridine rings is 1. The van der Waals surface area contributed by atoms with Crippen LogP contribution in [0.1, 0.15) is 63.9 Å². The average molecular weight is 244 g/mol. The molecule has 0 atom stereocenters. The van der Waals surface area contributed by atoms with Gasteiger partial charge in [0, 0.05) is 5.41 Å². The number of nitrogens with two attached hydrogens (primary N) is 1. The number of hydrogen-bond acceptors (Lipinski definition) is 2. The van der Waals surface area contributed by atoms with Gasteiger partial charge in [-0.25, -0.2) is 4.98 Å². The largest absolute Gasteiger partial charge is 0.383 e. The van der Waals surface area contributed by atoms with Crippen molar-refractivity contribution in [2.24, 2.45) is 0 Å². The lowest BCUT2D eigenvalue weighted by Crippen LogP contribution is -2.24. The molecule has 0 saturated heterocycles. The van der Waals surface area contributed by atoms with E-state index in [4.69, 9.17) is 12.2 Å². The molecule has 0 aliphatic rings. The first-order chi connectivity index (χ1) is 8.00. The molecule has 1 aromatic rings. The molecule has 1 heterocycles. The van der Waals surface area contributed by atoms with Crippen LogP contribution in [0.5, 0.6) is 0 Å². The third kappa shape index (κ3) is 2.51. The maximum atomic E-state index is 6.04. The van der Waals surface area contributed by atoms with Gasteiger partial charge >= 0.3 is 0 Å². The average Bonchev–Trinajstić information content (AvgIpc) is 2.16. The number of hydrogen-bond donors (Lipinski definition) is 1. The van der Waals surface area contributed by atoms with E-state index in [1.807, 2.05) is 0 Å². The molecule has 98 valence electrons. The summed E-state index contributed by atoms with van der Waals surface area (Å²) in [5.74, 6) is 3.17. The summed E-state index contributed by atoms with van der Waals surface area (Å²) < 4.78 is 0. The Morgan fingerprint density at radius 1 is 1.06 bits per heavy atom. The predicted molar refractivity (Wildman–Crippen MR) is 78.7 cm³/mol. The molecule has 0 radical (unpaired) electrons. The zero-order valence-corrected chi connectivity index (χ0v) is 12.6. The molecule has 0 fully saturated rings. The lowest BCUT2D eigenvalue weighted by atomic mass is 9.77. The first kappa shape index (κ1) is 14.6. The number of terminal acetylenes is 1. The van der Waals surface area contributed by atoms with E-state index in [9.17, 15) is 0 Å². The van der Waals surface area contributed by atoms with Crippen LogP contribution in [0.25, 0.3) is 0 Å². The van der Waals surface area contributed by atoms with Crippen molar-refractivity contribution in [2.45, 2.75) is 59.3 Å². The molecule has 0 unspecified atom stereocenters. The second kappa shape index (κ2) is 4.31. The van der Waals surface area contributed by atoms with Crippen molar-refractivity contribution >= 4 is 5.82 Å². The molecule has 2 nitrogen and oxygen atoms in total. The summed E-state index contributed by atoms with van der Waals surface area (Å²) in [6.45, 7) is 15.0. The Morgan fingerprint density at radius 2 is 1.56 bits per heavy atom. The molecular weight excluding hydrogens is 220 g/mol. The topological polar surface area (TPSA) is 38.9 Å². The van der Waals surface area contributed by atoms with Gasteiger partial charge in [0.1, 0.15) is 5.82 Å². The van der Waals surface area contributed by atoms with Crippen LogP contribution in [0, 0.1) is 19.3 Å². The van der Waals surface area contributed by atoms with Crippen molar-refractivity contribution in [2.75, 3.05) is 5.73 Å². The molecule has 1 rings (SSSR count). The first-order valence-corrected chi connectivity index (χ1v) is 6.27. The molecule has 0 spiro atoms. The monoisotopic (exact) mass is 244 g/mol. The molecule has 0 saturated carbocycles. The molecule has 0 aliphatic carbocycles. The van der Waals surface area contributed by atoms with Gasteiger partial charge in [0.05, 0.1) is 11.3 Å². The van der Waals surface area contributed by atoms with Crippen LogP contribution in [-0.2, 0) is 10.8 Å². The molecular formula is C16H24N2. The summed E-state index contributed by atoms with van der Waals surface area (Å²) >= 11 is 0. The number of rotatable bonds is 0. The first-order valence-electron chi connectivity index (χ1n) is 6.27. The van der Waals surface area contributed by atoms with Crippen molar-refractivity contribution in [3.05, 3.63) is 22.4 Å². The van der Waals surface area contributed by atoms with E-state index < -0.39 is 0 Å². The second-order valence-corrected chi connectivity index (χ2v) is 6.86. The fraction of sp³-hybridized carbons (Fsp3) is 0.562. The maximum Gasteiger partial charge on any atom is 0.139 e. The third-order valence-electron chi connectivity index (χ3n) is 3.07. The lowest BCUT2D eigenvalue weighted by molar-refractivity contribution is 0.545. The minimum Gasteiger partial charge on any atom is -0.383 e. The number of nitrogen functional groups attached to an aromatic ring is 1. The van der Waals surface area contributed by atoms with Crippen LogP contribution in [0.2, 0.25) is 0 Å². The van der Waals surface area contributed by atoms with E-state index in [0.29, 0.717) is 5.82 Å². The Balaban J connectivity index is 3.79. The second-order valence-electron chi connectivity index (χ2n) is 6.86. The van der Waals surface area contributed by atoms with Gasteiger partial charge in [0.25, 0.3) is 0 Å². The van der Waals surface area contributed by atoms with E-state index >= 15 is 0 Å². The van der Waals surface area contributed by atoms with Crippen LogP contribution in [0.4, 0.5) is 5.82 Å². The van der Waals surface area contributed by atoms with Gasteiger partial charge < -0.3 is 5.73 Å². The van der Waals surface area contributed by atoms with E-state index in [1.165, 1.54) is 0 Å². The van der Waals surface area contributed by atoms with E-state index in [1.54, 1.807) is 0 Å². The van der Waals surface area contributed by atoms with Gasteiger partial charge in [0.15, 0.2) is 0 Å².